The molecule has 3 rings (SSSR count). The van der Waals surface area contributed by atoms with E-state index in [0.717, 1.165) is 36.3 Å². The molecule has 0 bridgehead atoms. The average molecular weight is 455 g/mol. The molecule has 170 valence electrons. The Labute approximate surface area is 193 Å². The number of rotatable bonds is 8. The van der Waals surface area contributed by atoms with E-state index in [0.29, 0.717) is 17.7 Å². The first-order chi connectivity index (χ1) is 15.5. The van der Waals surface area contributed by atoms with Crippen LogP contribution < -0.4 is 10.6 Å². The third kappa shape index (κ3) is 6.36. The van der Waals surface area contributed by atoms with E-state index >= 15 is 0 Å². The van der Waals surface area contributed by atoms with Gasteiger partial charge in [0, 0.05) is 16.5 Å². The number of nitrogens with one attached hydrogen (secondary N) is 2. The number of anilines is 2. The highest BCUT2D eigenvalue weighted by molar-refractivity contribution is 8.00. The number of thioether (sulfide) groups is 1. The Kier molecular flexibility index (Phi) is 8.73. The summed E-state index contributed by atoms with van der Waals surface area (Å²) >= 11 is 1.43. The SMILES string of the molecule is CCC(Sc1cccc(NC(=O)C2CCCCC2)c1)C(=O)Nc1ccccc1C(=O)OC. The molecule has 0 spiro atoms. The van der Waals surface area contributed by atoms with Crippen molar-refractivity contribution >= 4 is 40.9 Å². The predicted octanol–water partition coefficient (Wildman–Crippen LogP) is 5.50. The van der Waals surface area contributed by atoms with Gasteiger partial charge in [0.25, 0.3) is 0 Å². The van der Waals surface area contributed by atoms with Crippen LogP contribution in [0.3, 0.4) is 0 Å². The van der Waals surface area contributed by atoms with E-state index in [9.17, 15) is 14.4 Å². The quantitative estimate of drug-likeness (QED) is 0.406. The van der Waals surface area contributed by atoms with Crippen molar-refractivity contribution in [2.24, 2.45) is 5.92 Å². The van der Waals surface area contributed by atoms with Crippen LogP contribution >= 0.6 is 11.8 Å². The van der Waals surface area contributed by atoms with Crippen LogP contribution in [0.25, 0.3) is 0 Å². The van der Waals surface area contributed by atoms with E-state index in [1.807, 2.05) is 31.2 Å². The van der Waals surface area contributed by atoms with Crippen molar-refractivity contribution in [2.75, 3.05) is 17.7 Å². The van der Waals surface area contributed by atoms with Crippen LogP contribution in [0.4, 0.5) is 11.4 Å². The average Bonchev–Trinajstić information content (AvgIpc) is 2.83. The van der Waals surface area contributed by atoms with Crippen LogP contribution in [0.2, 0.25) is 0 Å². The summed E-state index contributed by atoms with van der Waals surface area (Å²) in [4.78, 5) is 38.4. The Hall–Kier alpha value is -2.80. The smallest absolute Gasteiger partial charge is 0.339 e. The number of esters is 1. The summed E-state index contributed by atoms with van der Waals surface area (Å²) in [5.74, 6) is -0.520. The van der Waals surface area contributed by atoms with Crippen LogP contribution in [0.15, 0.2) is 53.4 Å². The first-order valence-electron chi connectivity index (χ1n) is 11.1. The van der Waals surface area contributed by atoms with Gasteiger partial charge in [-0.1, -0.05) is 44.4 Å². The molecule has 0 radical (unpaired) electrons. The molecule has 1 unspecified atom stereocenters. The molecule has 0 aliphatic heterocycles. The lowest BCUT2D eigenvalue weighted by molar-refractivity contribution is -0.120. The second kappa shape index (κ2) is 11.7. The molecule has 1 fully saturated rings. The number of benzene rings is 2. The fourth-order valence-corrected chi connectivity index (χ4v) is 4.85. The zero-order valence-electron chi connectivity index (χ0n) is 18.6. The molecule has 0 heterocycles. The zero-order chi connectivity index (χ0) is 22.9. The fourth-order valence-electron chi connectivity index (χ4n) is 3.84. The normalized spacial score (nSPS) is 14.9. The Morgan fingerprint density at radius 1 is 1.03 bits per heavy atom. The molecule has 1 atom stereocenters. The van der Waals surface area contributed by atoms with Gasteiger partial charge >= 0.3 is 5.97 Å². The van der Waals surface area contributed by atoms with Crippen LogP contribution in [0, 0.1) is 5.92 Å². The fraction of sp³-hybridized carbons (Fsp3) is 0.400. The first-order valence-corrected chi connectivity index (χ1v) is 12.0. The third-order valence-electron chi connectivity index (χ3n) is 5.61. The molecule has 2 aromatic rings. The Bertz CT molecular complexity index is 956. The van der Waals surface area contributed by atoms with Crippen molar-refractivity contribution in [1.29, 1.82) is 0 Å². The zero-order valence-corrected chi connectivity index (χ0v) is 19.4. The minimum Gasteiger partial charge on any atom is -0.465 e. The monoisotopic (exact) mass is 454 g/mol. The lowest BCUT2D eigenvalue weighted by Gasteiger charge is -2.21. The number of ether oxygens (including phenoxy) is 1. The summed E-state index contributed by atoms with van der Waals surface area (Å²) < 4.78 is 4.80. The number of methoxy groups -OCH3 is 1. The first kappa shape index (κ1) is 23.9. The van der Waals surface area contributed by atoms with E-state index in [2.05, 4.69) is 10.6 Å². The van der Waals surface area contributed by atoms with Crippen molar-refractivity contribution in [3.63, 3.8) is 0 Å². The molecule has 2 aromatic carbocycles. The Morgan fingerprint density at radius 2 is 1.78 bits per heavy atom. The van der Waals surface area contributed by atoms with E-state index in [-0.39, 0.29) is 23.0 Å². The predicted molar refractivity (Wildman–Crippen MR) is 128 cm³/mol. The van der Waals surface area contributed by atoms with Crippen LogP contribution in [0.5, 0.6) is 0 Å². The summed E-state index contributed by atoms with van der Waals surface area (Å²) in [6.45, 7) is 1.94. The maximum absolute atomic E-state index is 12.9. The van der Waals surface area contributed by atoms with Gasteiger partial charge < -0.3 is 15.4 Å². The molecule has 1 aliphatic carbocycles. The van der Waals surface area contributed by atoms with Crippen molar-refractivity contribution in [2.45, 2.75) is 55.6 Å². The summed E-state index contributed by atoms with van der Waals surface area (Å²) in [7, 11) is 1.31. The molecule has 7 heteroatoms. The molecule has 0 aromatic heterocycles. The van der Waals surface area contributed by atoms with E-state index in [1.54, 1.807) is 24.3 Å². The molecule has 2 N–H and O–H groups in total. The minimum absolute atomic E-state index is 0.0797. The highest BCUT2D eigenvalue weighted by atomic mass is 32.2. The number of hydrogen-bond acceptors (Lipinski definition) is 5. The van der Waals surface area contributed by atoms with Crippen LogP contribution in [-0.4, -0.2) is 30.1 Å². The summed E-state index contributed by atoms with van der Waals surface area (Å²) in [6, 6.07) is 14.4. The van der Waals surface area contributed by atoms with Gasteiger partial charge in [-0.05, 0) is 49.6 Å². The largest absolute Gasteiger partial charge is 0.465 e. The highest BCUT2D eigenvalue weighted by Gasteiger charge is 2.23. The van der Waals surface area contributed by atoms with Gasteiger partial charge in [0.05, 0.1) is 23.6 Å². The number of hydrogen-bond donors (Lipinski definition) is 2. The molecular weight excluding hydrogens is 424 g/mol. The van der Waals surface area contributed by atoms with Gasteiger partial charge in [0.1, 0.15) is 0 Å². The van der Waals surface area contributed by atoms with Crippen LogP contribution in [0.1, 0.15) is 55.8 Å². The van der Waals surface area contributed by atoms with E-state index in [1.165, 1.54) is 25.3 Å². The highest BCUT2D eigenvalue weighted by Crippen LogP contribution is 2.30. The number of amides is 2. The molecule has 0 saturated heterocycles. The summed E-state index contributed by atoms with van der Waals surface area (Å²) in [6.07, 6.45) is 5.94. The van der Waals surface area contributed by atoms with Gasteiger partial charge in [0.15, 0.2) is 0 Å². The van der Waals surface area contributed by atoms with E-state index in [4.69, 9.17) is 4.74 Å². The van der Waals surface area contributed by atoms with Crippen molar-refractivity contribution in [3.05, 3.63) is 54.1 Å². The van der Waals surface area contributed by atoms with Crippen molar-refractivity contribution < 1.29 is 19.1 Å². The second-order valence-corrected chi connectivity index (χ2v) is 9.17. The number of carbonyl (C=O) groups excluding carboxylic acids is 3. The molecule has 2 amide bonds. The van der Waals surface area contributed by atoms with Gasteiger partial charge in [-0.25, -0.2) is 4.79 Å². The van der Waals surface area contributed by atoms with Gasteiger partial charge in [-0.2, -0.15) is 0 Å². The van der Waals surface area contributed by atoms with Gasteiger partial charge in [0.2, 0.25) is 11.8 Å². The summed E-state index contributed by atoms with van der Waals surface area (Å²) in [5, 5.41) is 5.53. The van der Waals surface area contributed by atoms with Crippen molar-refractivity contribution in [3.8, 4) is 0 Å². The number of para-hydroxylation sites is 1. The van der Waals surface area contributed by atoms with Gasteiger partial charge in [-0.15, -0.1) is 11.8 Å². The van der Waals surface area contributed by atoms with Crippen LogP contribution in [-0.2, 0) is 14.3 Å². The van der Waals surface area contributed by atoms with Crippen molar-refractivity contribution in [1.82, 2.24) is 0 Å². The lowest BCUT2D eigenvalue weighted by Crippen LogP contribution is -2.26. The molecule has 32 heavy (non-hydrogen) atoms. The molecule has 1 aliphatic rings. The third-order valence-corrected chi connectivity index (χ3v) is 6.97. The molecular formula is C25H30N2O4S. The maximum Gasteiger partial charge on any atom is 0.339 e. The molecule has 1 saturated carbocycles. The van der Waals surface area contributed by atoms with Gasteiger partial charge in [-0.3, -0.25) is 9.59 Å². The Balaban J connectivity index is 1.65. The maximum atomic E-state index is 12.9. The Morgan fingerprint density at radius 3 is 2.50 bits per heavy atom. The number of carbonyl (C=O) groups is 3. The topological polar surface area (TPSA) is 84.5 Å². The second-order valence-electron chi connectivity index (χ2n) is 7.89. The molecule has 6 nitrogen and oxygen atoms in total. The lowest BCUT2D eigenvalue weighted by atomic mass is 9.88. The summed E-state index contributed by atoms with van der Waals surface area (Å²) in [5.41, 5.74) is 1.49. The minimum atomic E-state index is -0.497. The van der Waals surface area contributed by atoms with E-state index < -0.39 is 5.97 Å². The standard InChI is InChI=1S/C25H30N2O4S/c1-3-22(24(29)27-21-15-8-7-14-20(21)25(30)31-2)32-19-13-9-12-18(16-19)26-23(28)17-10-5-4-6-11-17/h7-9,12-17,22H,3-6,10-11H2,1-2H3,(H,26,28)(H,27,29).